The molecule has 0 saturated carbocycles. The number of aliphatic hydroxyl groups is 2. The van der Waals surface area contributed by atoms with Gasteiger partial charge >= 0.3 is 14.5 Å². The zero-order chi connectivity index (χ0) is 20.6. The van der Waals surface area contributed by atoms with Gasteiger partial charge in [0.15, 0.2) is 16.6 Å². The Morgan fingerprint density at radius 1 is 1.00 bits per heavy atom. The number of ether oxygens (including phenoxy) is 1. The Morgan fingerprint density at radius 3 is 1.92 bits per heavy atom. The third-order valence-corrected chi connectivity index (χ3v) is 12.9. The number of hydrogen-bond donors (Lipinski definition) is 2. The summed E-state index contributed by atoms with van der Waals surface area (Å²) in [6, 6.07) is 0.896. The maximum absolute atomic E-state index is 11.8. The van der Waals surface area contributed by atoms with Crippen molar-refractivity contribution in [2.75, 3.05) is 13.2 Å². The summed E-state index contributed by atoms with van der Waals surface area (Å²) in [5.41, 5.74) is 0.385. The second-order valence-corrected chi connectivity index (χ2v) is 21.7. The average molecular weight is 423 g/mol. The van der Waals surface area contributed by atoms with Gasteiger partial charge in [-0.1, -0.05) is 13.0 Å². The van der Waals surface area contributed by atoms with Gasteiger partial charge in [0, 0.05) is 5.57 Å². The van der Waals surface area contributed by atoms with Crippen LogP contribution in [0.15, 0.2) is 12.2 Å². The van der Waals surface area contributed by atoms with Crippen LogP contribution in [0.25, 0.3) is 0 Å². The molecule has 0 aromatic rings. The third kappa shape index (κ3) is 13.0. The van der Waals surface area contributed by atoms with Gasteiger partial charge in [0.05, 0.1) is 6.61 Å². The molecule has 154 valence electrons. The predicted molar refractivity (Wildman–Crippen MR) is 112 cm³/mol. The maximum Gasteiger partial charge on any atom is 0.333 e. The lowest BCUT2D eigenvalue weighted by molar-refractivity contribution is -0.142. The monoisotopic (exact) mass is 422 g/mol. The Kier molecular flexibility index (Phi) is 10.8. The van der Waals surface area contributed by atoms with Crippen LogP contribution in [-0.2, 0) is 17.8 Å². The second kappa shape index (κ2) is 10.9. The van der Waals surface area contributed by atoms with Crippen molar-refractivity contribution in [3.63, 3.8) is 0 Å². The number of aliphatic hydroxyl groups excluding tert-OH is 2. The number of carbonyl (C=O) groups is 1. The Labute approximate surface area is 162 Å². The molecule has 1 atom stereocenters. The molecule has 0 aromatic carbocycles. The average Bonchev–Trinajstić information content (AvgIpc) is 2.44. The first-order valence-electron chi connectivity index (χ1n) is 9.22. The standard InChI is InChI=1S/C17H38O6Si3/c1-15(17(20)21-14-16(19)13-18)11-9-10-12-26(8,22-24(2,3)4)23-25(5,6)7/h16,18-19H,1,9-14H2,2-8H3. The molecule has 0 aromatic heterocycles. The number of hydrogen-bond acceptors (Lipinski definition) is 6. The second-order valence-electron chi connectivity index (χ2n) is 8.81. The van der Waals surface area contributed by atoms with E-state index in [2.05, 4.69) is 52.4 Å². The van der Waals surface area contributed by atoms with E-state index in [4.69, 9.17) is 18.1 Å². The van der Waals surface area contributed by atoms with Crippen LogP contribution in [0.2, 0.25) is 51.9 Å². The van der Waals surface area contributed by atoms with Crippen LogP contribution in [0.5, 0.6) is 0 Å². The summed E-state index contributed by atoms with van der Waals surface area (Å²) < 4.78 is 17.8. The van der Waals surface area contributed by atoms with Crippen molar-refractivity contribution in [2.45, 2.75) is 77.2 Å². The zero-order valence-corrected chi connectivity index (χ0v) is 20.6. The molecule has 1 unspecified atom stereocenters. The molecule has 0 aliphatic rings. The molecule has 0 aliphatic carbocycles. The number of unbranched alkanes of at least 4 members (excludes halogenated alkanes) is 1. The first kappa shape index (κ1) is 25.7. The van der Waals surface area contributed by atoms with Crippen molar-refractivity contribution in [1.29, 1.82) is 0 Å². The van der Waals surface area contributed by atoms with Gasteiger partial charge < -0.3 is 23.2 Å². The Balaban J connectivity index is 4.45. The topological polar surface area (TPSA) is 85.2 Å². The lowest BCUT2D eigenvalue weighted by Crippen LogP contribution is -2.52. The lowest BCUT2D eigenvalue weighted by Gasteiger charge is -2.38. The van der Waals surface area contributed by atoms with E-state index >= 15 is 0 Å². The molecule has 0 rings (SSSR count). The van der Waals surface area contributed by atoms with Gasteiger partial charge in [-0.05, 0) is 64.7 Å². The molecule has 0 heterocycles. The highest BCUT2D eigenvalue weighted by Gasteiger charge is 2.39. The molecule has 0 bridgehead atoms. The van der Waals surface area contributed by atoms with Crippen molar-refractivity contribution in [2.24, 2.45) is 0 Å². The smallest absolute Gasteiger partial charge is 0.333 e. The van der Waals surface area contributed by atoms with E-state index in [1.54, 1.807) is 0 Å². The molecule has 0 saturated heterocycles. The van der Waals surface area contributed by atoms with E-state index in [-0.39, 0.29) is 6.61 Å². The fraction of sp³-hybridized carbons (Fsp3) is 0.824. The first-order chi connectivity index (χ1) is 11.7. The zero-order valence-electron chi connectivity index (χ0n) is 17.6. The fourth-order valence-electron chi connectivity index (χ4n) is 2.63. The molecule has 0 spiro atoms. The molecule has 6 nitrogen and oxygen atoms in total. The molecular weight excluding hydrogens is 384 g/mol. The van der Waals surface area contributed by atoms with E-state index < -0.39 is 43.9 Å². The summed E-state index contributed by atoms with van der Waals surface area (Å²) in [7, 11) is -5.63. The minimum Gasteiger partial charge on any atom is -0.459 e. The molecule has 2 N–H and O–H groups in total. The Bertz CT molecular complexity index is 440. The van der Waals surface area contributed by atoms with Crippen molar-refractivity contribution < 1.29 is 28.0 Å². The Morgan fingerprint density at radius 2 is 1.50 bits per heavy atom. The normalized spacial score (nSPS) is 14.2. The predicted octanol–water partition coefficient (Wildman–Crippen LogP) is 3.38. The molecule has 9 heteroatoms. The lowest BCUT2D eigenvalue weighted by atomic mass is 10.1. The van der Waals surface area contributed by atoms with Crippen LogP contribution in [0.1, 0.15) is 19.3 Å². The van der Waals surface area contributed by atoms with Crippen molar-refractivity contribution in [3.8, 4) is 0 Å². The molecule has 0 radical (unpaired) electrons. The highest BCUT2D eigenvalue weighted by molar-refractivity contribution is 6.87. The van der Waals surface area contributed by atoms with Crippen LogP contribution < -0.4 is 0 Å². The number of carbonyl (C=O) groups excluding carboxylic acids is 1. The molecule has 0 fully saturated rings. The van der Waals surface area contributed by atoms with Gasteiger partial charge in [0.2, 0.25) is 0 Å². The van der Waals surface area contributed by atoms with Crippen LogP contribution >= 0.6 is 0 Å². The van der Waals surface area contributed by atoms with E-state index in [1.165, 1.54) is 0 Å². The first-order valence-corrected chi connectivity index (χ1v) is 18.6. The number of esters is 1. The van der Waals surface area contributed by atoms with Crippen molar-refractivity contribution in [3.05, 3.63) is 12.2 Å². The summed E-state index contributed by atoms with van der Waals surface area (Å²) in [4.78, 5) is 11.8. The van der Waals surface area contributed by atoms with Crippen LogP contribution in [0.4, 0.5) is 0 Å². The minimum absolute atomic E-state index is 0.215. The van der Waals surface area contributed by atoms with E-state index in [0.717, 1.165) is 18.9 Å². The molecule has 26 heavy (non-hydrogen) atoms. The number of rotatable bonds is 13. The van der Waals surface area contributed by atoms with Crippen LogP contribution in [0.3, 0.4) is 0 Å². The summed E-state index contributed by atoms with van der Waals surface area (Å²) in [6.45, 7) is 18.4. The van der Waals surface area contributed by atoms with Gasteiger partial charge in [-0.25, -0.2) is 4.79 Å². The van der Waals surface area contributed by atoms with E-state index in [0.29, 0.717) is 12.0 Å². The molecule has 0 aliphatic heterocycles. The summed E-state index contributed by atoms with van der Waals surface area (Å²) in [5.74, 6) is -0.519. The minimum atomic E-state index is -2.24. The van der Waals surface area contributed by atoms with E-state index in [1.807, 2.05) is 0 Å². The Hall–Kier alpha value is -0.299. The summed E-state index contributed by atoms with van der Waals surface area (Å²) >= 11 is 0. The SMILES string of the molecule is C=C(CCCC[Si](C)(O[Si](C)(C)C)O[Si](C)(C)C)C(=O)OCC(O)CO. The van der Waals surface area contributed by atoms with Gasteiger partial charge in [0.25, 0.3) is 0 Å². The molecule has 0 amide bonds. The van der Waals surface area contributed by atoms with Gasteiger partial charge in [-0.3, -0.25) is 0 Å². The van der Waals surface area contributed by atoms with Gasteiger partial charge in [-0.2, -0.15) is 0 Å². The summed E-state index contributed by atoms with van der Waals surface area (Å²) in [5, 5.41) is 17.9. The van der Waals surface area contributed by atoms with Gasteiger partial charge in [-0.15, -0.1) is 0 Å². The van der Waals surface area contributed by atoms with Crippen molar-refractivity contribution in [1.82, 2.24) is 0 Å². The maximum atomic E-state index is 11.8. The third-order valence-electron chi connectivity index (χ3n) is 3.31. The van der Waals surface area contributed by atoms with Crippen molar-refractivity contribution >= 4 is 31.2 Å². The van der Waals surface area contributed by atoms with Crippen LogP contribution in [-0.4, -0.2) is 60.7 Å². The van der Waals surface area contributed by atoms with Gasteiger partial charge in [0.1, 0.15) is 12.7 Å². The highest BCUT2D eigenvalue weighted by Crippen LogP contribution is 2.26. The highest BCUT2D eigenvalue weighted by atomic mass is 28.5. The summed E-state index contributed by atoms with van der Waals surface area (Å²) in [6.07, 6.45) is 1.21. The molecular formula is C17H38O6Si3. The van der Waals surface area contributed by atoms with Crippen LogP contribution in [0, 0.1) is 0 Å². The fourth-order valence-corrected chi connectivity index (χ4v) is 15.2. The quantitative estimate of drug-likeness (QED) is 0.205. The van der Waals surface area contributed by atoms with E-state index in [9.17, 15) is 9.90 Å². The largest absolute Gasteiger partial charge is 0.459 e.